The molecule has 9 nitrogen and oxygen atoms in total. The van der Waals surface area contributed by atoms with Crippen LogP contribution in [0.25, 0.3) is 0 Å². The number of anilines is 2. The molecule has 138 valence electrons. The number of morpholine rings is 1. The van der Waals surface area contributed by atoms with Gasteiger partial charge in [-0.3, -0.25) is 9.59 Å². The van der Waals surface area contributed by atoms with Crippen molar-refractivity contribution in [3.63, 3.8) is 0 Å². The quantitative estimate of drug-likeness (QED) is 0.730. The zero-order valence-electron chi connectivity index (χ0n) is 14.2. The lowest BCUT2D eigenvalue weighted by molar-refractivity contribution is -0.140. The Morgan fingerprint density at radius 1 is 1.19 bits per heavy atom. The SMILES string of the molecule is O=C1CCC(C(=O)OCC(=O)Nc2ccc(N3CCOCC3)cc2)=NN1. The maximum atomic E-state index is 11.9. The second kappa shape index (κ2) is 8.43. The largest absolute Gasteiger partial charge is 0.451 e. The standard InChI is InChI=1S/C17H20N4O5/c22-15-6-5-14(19-20-15)17(24)26-11-16(23)18-12-1-3-13(4-2-12)21-7-9-25-10-8-21/h1-4H,5-11H2,(H,18,23)(H,20,22). The van der Waals surface area contributed by atoms with Crippen LogP contribution in [0.1, 0.15) is 12.8 Å². The number of ether oxygens (including phenoxy) is 2. The molecule has 0 bridgehead atoms. The van der Waals surface area contributed by atoms with E-state index in [1.54, 1.807) is 12.1 Å². The Morgan fingerprint density at radius 2 is 1.92 bits per heavy atom. The molecule has 26 heavy (non-hydrogen) atoms. The molecule has 2 aliphatic rings. The van der Waals surface area contributed by atoms with Crippen LogP contribution in [0.15, 0.2) is 29.4 Å². The maximum absolute atomic E-state index is 11.9. The van der Waals surface area contributed by atoms with Crippen LogP contribution in [-0.4, -0.2) is 56.4 Å². The summed E-state index contributed by atoms with van der Waals surface area (Å²) in [5.74, 6) is -1.40. The molecule has 0 aliphatic carbocycles. The van der Waals surface area contributed by atoms with Gasteiger partial charge >= 0.3 is 5.97 Å². The highest BCUT2D eigenvalue weighted by atomic mass is 16.5. The van der Waals surface area contributed by atoms with Gasteiger partial charge in [0.25, 0.3) is 5.91 Å². The van der Waals surface area contributed by atoms with Crippen molar-refractivity contribution in [1.29, 1.82) is 0 Å². The van der Waals surface area contributed by atoms with Gasteiger partial charge in [-0.2, -0.15) is 5.10 Å². The first-order valence-corrected chi connectivity index (χ1v) is 8.37. The Labute approximate surface area is 150 Å². The molecule has 1 aromatic rings. The van der Waals surface area contributed by atoms with E-state index in [0.717, 1.165) is 18.8 Å². The van der Waals surface area contributed by atoms with Gasteiger partial charge in [0.2, 0.25) is 5.91 Å². The van der Waals surface area contributed by atoms with Crippen LogP contribution < -0.4 is 15.6 Å². The lowest BCUT2D eigenvalue weighted by Crippen LogP contribution is -2.36. The first-order valence-electron chi connectivity index (χ1n) is 8.37. The van der Waals surface area contributed by atoms with Crippen molar-refractivity contribution in [3.8, 4) is 0 Å². The number of carbonyl (C=O) groups excluding carboxylic acids is 3. The van der Waals surface area contributed by atoms with E-state index >= 15 is 0 Å². The van der Waals surface area contributed by atoms with Gasteiger partial charge in [0.05, 0.1) is 13.2 Å². The number of nitrogens with zero attached hydrogens (tertiary/aromatic N) is 2. The molecule has 2 heterocycles. The summed E-state index contributed by atoms with van der Waals surface area (Å²) in [6.07, 6.45) is 0.380. The van der Waals surface area contributed by atoms with E-state index in [1.807, 2.05) is 12.1 Å². The molecule has 1 fully saturated rings. The number of rotatable bonds is 5. The number of hydrogen-bond donors (Lipinski definition) is 2. The second-order valence-corrected chi connectivity index (χ2v) is 5.86. The van der Waals surface area contributed by atoms with Crippen LogP contribution in [0.5, 0.6) is 0 Å². The minimum atomic E-state index is -0.706. The van der Waals surface area contributed by atoms with Gasteiger partial charge < -0.3 is 19.7 Å². The summed E-state index contributed by atoms with van der Waals surface area (Å²) >= 11 is 0. The number of hydrazone groups is 1. The molecule has 1 aromatic carbocycles. The average molecular weight is 360 g/mol. The molecule has 3 rings (SSSR count). The van der Waals surface area contributed by atoms with Crippen LogP contribution in [-0.2, 0) is 23.9 Å². The molecule has 0 aromatic heterocycles. The lowest BCUT2D eigenvalue weighted by Gasteiger charge is -2.28. The first kappa shape index (κ1) is 17.9. The van der Waals surface area contributed by atoms with Crippen molar-refractivity contribution < 1.29 is 23.9 Å². The summed E-state index contributed by atoms with van der Waals surface area (Å²) in [5.41, 5.74) is 3.99. The van der Waals surface area contributed by atoms with E-state index < -0.39 is 18.5 Å². The second-order valence-electron chi connectivity index (χ2n) is 5.86. The highest BCUT2D eigenvalue weighted by molar-refractivity contribution is 6.37. The maximum Gasteiger partial charge on any atom is 0.355 e. The minimum Gasteiger partial charge on any atom is -0.451 e. The third kappa shape index (κ3) is 4.79. The van der Waals surface area contributed by atoms with Gasteiger partial charge in [-0.05, 0) is 24.3 Å². The van der Waals surface area contributed by atoms with Gasteiger partial charge in [0, 0.05) is 37.3 Å². The lowest BCUT2D eigenvalue weighted by atomic mass is 10.2. The van der Waals surface area contributed by atoms with Gasteiger partial charge in [-0.25, -0.2) is 10.2 Å². The van der Waals surface area contributed by atoms with Crippen molar-refractivity contribution >= 4 is 34.9 Å². The zero-order chi connectivity index (χ0) is 18.4. The Morgan fingerprint density at radius 3 is 2.58 bits per heavy atom. The third-order valence-corrected chi connectivity index (χ3v) is 4.00. The number of amides is 2. The summed E-state index contributed by atoms with van der Waals surface area (Å²) in [4.78, 5) is 36.9. The van der Waals surface area contributed by atoms with Crippen LogP contribution in [0.3, 0.4) is 0 Å². The molecule has 0 saturated carbocycles. The van der Waals surface area contributed by atoms with Crippen LogP contribution in [0.2, 0.25) is 0 Å². The predicted octanol–water partition coefficient (Wildman–Crippen LogP) is 0.271. The van der Waals surface area contributed by atoms with Crippen LogP contribution in [0, 0.1) is 0 Å². The van der Waals surface area contributed by atoms with Crippen molar-refractivity contribution in [2.24, 2.45) is 5.10 Å². The molecule has 1 saturated heterocycles. The van der Waals surface area contributed by atoms with Crippen LogP contribution in [0.4, 0.5) is 11.4 Å². The summed E-state index contributed by atoms with van der Waals surface area (Å²) < 4.78 is 10.2. The van der Waals surface area contributed by atoms with E-state index in [9.17, 15) is 14.4 Å². The van der Waals surface area contributed by atoms with Gasteiger partial charge in [0.15, 0.2) is 6.61 Å². The molecular weight excluding hydrogens is 340 g/mol. The number of carbonyl (C=O) groups is 3. The van der Waals surface area contributed by atoms with Gasteiger partial charge in [-0.15, -0.1) is 0 Å². The molecule has 0 radical (unpaired) electrons. The number of hydrogen-bond acceptors (Lipinski definition) is 7. The Hall–Kier alpha value is -2.94. The zero-order valence-corrected chi connectivity index (χ0v) is 14.2. The Bertz CT molecular complexity index is 710. The van der Waals surface area contributed by atoms with E-state index in [-0.39, 0.29) is 24.5 Å². The van der Waals surface area contributed by atoms with E-state index in [4.69, 9.17) is 9.47 Å². The molecular formula is C17H20N4O5. The molecule has 0 atom stereocenters. The highest BCUT2D eigenvalue weighted by Gasteiger charge is 2.20. The predicted molar refractivity (Wildman–Crippen MR) is 93.9 cm³/mol. The summed E-state index contributed by atoms with van der Waals surface area (Å²) in [7, 11) is 0. The molecule has 0 spiro atoms. The van der Waals surface area contributed by atoms with Crippen molar-refractivity contribution in [3.05, 3.63) is 24.3 Å². The fraction of sp³-hybridized carbons (Fsp3) is 0.412. The normalized spacial score (nSPS) is 17.2. The molecule has 2 amide bonds. The Kier molecular flexibility index (Phi) is 5.80. The van der Waals surface area contributed by atoms with Crippen molar-refractivity contribution in [2.75, 3.05) is 43.1 Å². The fourth-order valence-electron chi connectivity index (χ4n) is 2.61. The molecule has 0 unspecified atom stereocenters. The van der Waals surface area contributed by atoms with Crippen molar-refractivity contribution in [2.45, 2.75) is 12.8 Å². The van der Waals surface area contributed by atoms with E-state index in [0.29, 0.717) is 18.9 Å². The van der Waals surface area contributed by atoms with Crippen molar-refractivity contribution in [1.82, 2.24) is 5.43 Å². The Balaban J connectivity index is 1.45. The number of benzene rings is 1. The summed E-state index contributed by atoms with van der Waals surface area (Å²) in [5, 5.41) is 6.29. The van der Waals surface area contributed by atoms with E-state index in [2.05, 4.69) is 20.7 Å². The van der Waals surface area contributed by atoms with E-state index in [1.165, 1.54) is 0 Å². The minimum absolute atomic E-state index is 0.104. The van der Waals surface area contributed by atoms with Crippen LogP contribution >= 0.6 is 0 Å². The third-order valence-electron chi connectivity index (χ3n) is 4.00. The first-order chi connectivity index (χ1) is 12.6. The average Bonchev–Trinajstić information content (AvgIpc) is 2.68. The summed E-state index contributed by atoms with van der Waals surface area (Å²) in [6, 6.07) is 7.44. The topological polar surface area (TPSA) is 109 Å². The monoisotopic (exact) mass is 360 g/mol. The van der Waals surface area contributed by atoms with Gasteiger partial charge in [-0.1, -0.05) is 0 Å². The molecule has 2 aliphatic heterocycles. The number of nitrogens with one attached hydrogen (secondary N) is 2. The fourth-order valence-corrected chi connectivity index (χ4v) is 2.61. The van der Waals surface area contributed by atoms with Gasteiger partial charge in [0.1, 0.15) is 5.71 Å². The summed E-state index contributed by atoms with van der Waals surface area (Å²) in [6.45, 7) is 2.67. The molecule has 2 N–H and O–H groups in total. The smallest absolute Gasteiger partial charge is 0.355 e. The molecule has 9 heteroatoms. The number of esters is 1. The highest BCUT2D eigenvalue weighted by Crippen LogP contribution is 2.19.